The molecule has 0 saturated heterocycles. The van der Waals surface area contributed by atoms with E-state index in [2.05, 4.69) is 5.32 Å². The number of hydrogen-bond donors (Lipinski definition) is 2. The normalized spacial score (nSPS) is 16.3. The van der Waals surface area contributed by atoms with E-state index in [1.165, 1.54) is 0 Å². The number of hydrogen-bond acceptors (Lipinski definition) is 4. The maximum absolute atomic E-state index is 12.8. The van der Waals surface area contributed by atoms with E-state index in [-0.39, 0.29) is 12.3 Å². The van der Waals surface area contributed by atoms with Crippen LogP contribution in [-0.4, -0.2) is 35.7 Å². The lowest BCUT2D eigenvalue weighted by atomic mass is 9.85. The molecular formula is C24H28N2O4. The van der Waals surface area contributed by atoms with Gasteiger partial charge >= 0.3 is 5.97 Å². The summed E-state index contributed by atoms with van der Waals surface area (Å²) in [4.78, 5) is 27.0. The Hall–Kier alpha value is -2.86. The predicted octanol–water partition coefficient (Wildman–Crippen LogP) is 4.23. The Kier molecular flexibility index (Phi) is 4.85. The topological polar surface area (TPSA) is 78.9 Å². The highest BCUT2D eigenvalue weighted by molar-refractivity contribution is 6.10. The summed E-state index contributed by atoms with van der Waals surface area (Å²) in [7, 11) is 0. The lowest BCUT2D eigenvalue weighted by Gasteiger charge is -2.33. The first-order chi connectivity index (χ1) is 14.1. The monoisotopic (exact) mass is 408 g/mol. The fraction of sp³-hybridized carbons (Fsp3) is 0.417. The lowest BCUT2D eigenvalue weighted by Crippen LogP contribution is -2.36. The number of rotatable bonds is 4. The van der Waals surface area contributed by atoms with E-state index < -0.39 is 17.7 Å². The van der Waals surface area contributed by atoms with Crippen molar-refractivity contribution in [3.8, 4) is 11.1 Å². The molecule has 2 aromatic rings. The maximum Gasteiger partial charge on any atom is 0.337 e. The zero-order chi connectivity index (χ0) is 21.8. The van der Waals surface area contributed by atoms with Crippen molar-refractivity contribution < 1.29 is 19.4 Å². The van der Waals surface area contributed by atoms with Gasteiger partial charge in [-0.3, -0.25) is 4.79 Å². The maximum atomic E-state index is 12.8. The van der Waals surface area contributed by atoms with Gasteiger partial charge in [-0.05, 0) is 56.9 Å². The number of nitrogens with zero attached hydrogens (tertiary/aromatic N) is 1. The van der Waals surface area contributed by atoms with Crippen LogP contribution in [-0.2, 0) is 20.7 Å². The third-order valence-corrected chi connectivity index (χ3v) is 5.71. The summed E-state index contributed by atoms with van der Waals surface area (Å²) in [6.07, 6.45) is -0.877. The quantitative estimate of drug-likeness (QED) is 0.792. The van der Waals surface area contributed by atoms with Gasteiger partial charge in [-0.25, -0.2) is 4.79 Å². The van der Waals surface area contributed by atoms with Crippen molar-refractivity contribution in [2.24, 2.45) is 0 Å². The minimum atomic E-state index is -1.14. The number of carbonyl (C=O) groups excluding carboxylic acids is 1. The molecule has 2 N–H and O–H groups in total. The van der Waals surface area contributed by atoms with E-state index in [1.807, 2.05) is 63.8 Å². The second-order valence-electron chi connectivity index (χ2n) is 9.08. The number of carboxylic acid groups (broad SMARTS) is 1. The Morgan fingerprint density at radius 2 is 1.87 bits per heavy atom. The largest absolute Gasteiger partial charge is 0.479 e. The SMILES string of the molecule is Cc1ccc(-c2c3c4c(c(C)c2[C@H](OC(C)(C)C)C(=O)O)NCCN4C(=O)C3)cc1. The third-order valence-electron chi connectivity index (χ3n) is 5.71. The van der Waals surface area contributed by atoms with Crippen LogP contribution in [0.3, 0.4) is 0 Å². The predicted molar refractivity (Wildman–Crippen MR) is 117 cm³/mol. The average Bonchev–Trinajstić information content (AvgIpc) is 3.00. The summed E-state index contributed by atoms with van der Waals surface area (Å²) >= 11 is 0. The number of carbonyl (C=O) groups is 2. The zero-order valence-corrected chi connectivity index (χ0v) is 18.1. The first-order valence-corrected chi connectivity index (χ1v) is 10.3. The van der Waals surface area contributed by atoms with Crippen LogP contribution in [0.5, 0.6) is 0 Å². The molecule has 0 radical (unpaired) electrons. The van der Waals surface area contributed by atoms with Crippen LogP contribution in [0.25, 0.3) is 11.1 Å². The van der Waals surface area contributed by atoms with Gasteiger partial charge in [0.05, 0.1) is 23.4 Å². The lowest BCUT2D eigenvalue weighted by molar-refractivity contribution is -0.160. The number of carboxylic acids is 1. The van der Waals surface area contributed by atoms with Crippen LogP contribution >= 0.6 is 0 Å². The Bertz CT molecular complexity index is 1030. The Labute approximate surface area is 176 Å². The first kappa shape index (κ1) is 20.4. The number of anilines is 2. The van der Waals surface area contributed by atoms with Crippen molar-refractivity contribution >= 4 is 23.3 Å². The van der Waals surface area contributed by atoms with Crippen LogP contribution in [0.1, 0.15) is 49.1 Å². The molecule has 2 aliphatic heterocycles. The van der Waals surface area contributed by atoms with Crippen LogP contribution in [0.15, 0.2) is 24.3 Å². The molecule has 1 amide bonds. The van der Waals surface area contributed by atoms with E-state index in [1.54, 1.807) is 0 Å². The minimum Gasteiger partial charge on any atom is -0.479 e. The van der Waals surface area contributed by atoms with Gasteiger partial charge in [0.2, 0.25) is 5.91 Å². The minimum absolute atomic E-state index is 0.0567. The molecule has 0 aromatic heterocycles. The Morgan fingerprint density at radius 1 is 1.20 bits per heavy atom. The van der Waals surface area contributed by atoms with Gasteiger partial charge in [-0.15, -0.1) is 0 Å². The van der Waals surface area contributed by atoms with Gasteiger partial charge in [0.25, 0.3) is 0 Å². The summed E-state index contributed by atoms with van der Waals surface area (Å²) in [5.74, 6) is -0.980. The number of aryl methyl sites for hydroxylation is 1. The molecule has 1 atom stereocenters. The van der Waals surface area contributed by atoms with E-state index in [0.717, 1.165) is 39.2 Å². The molecule has 0 spiro atoms. The molecule has 0 unspecified atom stereocenters. The van der Waals surface area contributed by atoms with E-state index >= 15 is 0 Å². The summed E-state index contributed by atoms with van der Waals surface area (Å²) in [5, 5.41) is 13.5. The number of benzene rings is 2. The highest BCUT2D eigenvalue weighted by Gasteiger charge is 2.40. The van der Waals surface area contributed by atoms with Crippen molar-refractivity contribution in [3.05, 3.63) is 46.5 Å². The van der Waals surface area contributed by atoms with Gasteiger partial charge in [0, 0.05) is 18.7 Å². The molecular weight excluding hydrogens is 380 g/mol. The van der Waals surface area contributed by atoms with E-state index in [9.17, 15) is 14.7 Å². The molecule has 6 heteroatoms. The van der Waals surface area contributed by atoms with Crippen LogP contribution in [0, 0.1) is 13.8 Å². The molecule has 30 heavy (non-hydrogen) atoms. The molecule has 0 saturated carbocycles. The fourth-order valence-corrected chi connectivity index (χ4v) is 4.48. The van der Waals surface area contributed by atoms with Crippen molar-refractivity contribution in [2.75, 3.05) is 23.3 Å². The highest BCUT2D eigenvalue weighted by atomic mass is 16.5. The number of amides is 1. The zero-order valence-electron chi connectivity index (χ0n) is 18.1. The Morgan fingerprint density at radius 3 is 2.47 bits per heavy atom. The molecule has 2 aliphatic rings. The van der Waals surface area contributed by atoms with Crippen LogP contribution < -0.4 is 10.2 Å². The van der Waals surface area contributed by atoms with Gasteiger partial charge in [0.1, 0.15) is 0 Å². The highest BCUT2D eigenvalue weighted by Crippen LogP contribution is 2.50. The number of nitrogens with one attached hydrogen (secondary N) is 1. The summed E-state index contributed by atoms with van der Waals surface area (Å²) in [5.41, 5.74) is 6.25. The van der Waals surface area contributed by atoms with Crippen molar-refractivity contribution in [2.45, 2.75) is 52.7 Å². The summed E-state index contributed by atoms with van der Waals surface area (Å²) in [6, 6.07) is 8.01. The molecule has 2 heterocycles. The van der Waals surface area contributed by atoms with Crippen molar-refractivity contribution in [1.29, 1.82) is 0 Å². The molecule has 0 bridgehead atoms. The molecule has 158 valence electrons. The summed E-state index contributed by atoms with van der Waals surface area (Å²) in [6.45, 7) is 10.7. The van der Waals surface area contributed by atoms with Crippen LogP contribution in [0.4, 0.5) is 11.4 Å². The molecule has 0 fully saturated rings. The second-order valence-corrected chi connectivity index (χ2v) is 9.08. The number of aliphatic carboxylic acids is 1. The molecule has 6 nitrogen and oxygen atoms in total. The third kappa shape index (κ3) is 3.35. The molecule has 4 rings (SSSR count). The standard InChI is InChI=1S/C24H28N2O4/c1-13-6-8-15(9-7-13)19-16-12-17(27)26-11-10-25-20(21(16)26)14(2)18(19)22(23(28)29)30-24(3,4)5/h6-9,22,25H,10-12H2,1-5H3,(H,28,29)/t22-/m0/s1. The van der Waals surface area contributed by atoms with Gasteiger partial charge in [-0.1, -0.05) is 29.8 Å². The van der Waals surface area contributed by atoms with Crippen LogP contribution in [0.2, 0.25) is 0 Å². The van der Waals surface area contributed by atoms with E-state index in [4.69, 9.17) is 4.74 Å². The van der Waals surface area contributed by atoms with Gasteiger partial charge in [0.15, 0.2) is 6.10 Å². The molecule has 2 aromatic carbocycles. The van der Waals surface area contributed by atoms with Crippen molar-refractivity contribution in [3.63, 3.8) is 0 Å². The second kappa shape index (κ2) is 7.13. The van der Waals surface area contributed by atoms with Gasteiger partial charge in [-0.2, -0.15) is 0 Å². The number of ether oxygens (including phenoxy) is 1. The first-order valence-electron chi connectivity index (χ1n) is 10.3. The average molecular weight is 408 g/mol. The van der Waals surface area contributed by atoms with Gasteiger partial charge < -0.3 is 20.1 Å². The smallest absolute Gasteiger partial charge is 0.337 e. The summed E-state index contributed by atoms with van der Waals surface area (Å²) < 4.78 is 6.06. The van der Waals surface area contributed by atoms with Crippen molar-refractivity contribution in [1.82, 2.24) is 0 Å². The molecule has 0 aliphatic carbocycles. The van der Waals surface area contributed by atoms with E-state index in [0.29, 0.717) is 18.7 Å². The Balaban J connectivity index is 2.06. The fourth-order valence-electron chi connectivity index (χ4n) is 4.48.